The Balaban J connectivity index is 2.17. The Bertz CT molecular complexity index is 628. The molecular weight excluding hydrogens is 279 g/mol. The SMILES string of the molecule is COc1cc(NC(C)Cc2ccco2)c(F)cc1[N+](=O)[O-]. The van der Waals surface area contributed by atoms with Gasteiger partial charge in [0, 0.05) is 18.5 Å². The van der Waals surface area contributed by atoms with Gasteiger partial charge in [0.25, 0.3) is 0 Å². The molecule has 0 fully saturated rings. The molecule has 2 aromatic rings. The molecule has 21 heavy (non-hydrogen) atoms. The van der Waals surface area contributed by atoms with Gasteiger partial charge >= 0.3 is 5.69 Å². The molecule has 112 valence electrons. The summed E-state index contributed by atoms with van der Waals surface area (Å²) in [5.41, 5.74) is -0.254. The van der Waals surface area contributed by atoms with Crippen LogP contribution in [0.5, 0.6) is 5.75 Å². The predicted octanol–water partition coefficient (Wildman–Crippen LogP) is 3.38. The van der Waals surface area contributed by atoms with E-state index in [0.29, 0.717) is 6.42 Å². The maximum absolute atomic E-state index is 13.9. The third kappa shape index (κ3) is 3.50. The van der Waals surface area contributed by atoms with Gasteiger partial charge in [0.15, 0.2) is 11.6 Å². The molecule has 7 heteroatoms. The van der Waals surface area contributed by atoms with Gasteiger partial charge in [-0.2, -0.15) is 0 Å². The Hall–Kier alpha value is -2.57. The van der Waals surface area contributed by atoms with Crippen LogP contribution in [0.3, 0.4) is 0 Å². The van der Waals surface area contributed by atoms with Crippen molar-refractivity contribution in [2.45, 2.75) is 19.4 Å². The Morgan fingerprint density at radius 2 is 2.29 bits per heavy atom. The van der Waals surface area contributed by atoms with Crippen LogP contribution in [-0.2, 0) is 6.42 Å². The highest BCUT2D eigenvalue weighted by atomic mass is 19.1. The summed E-state index contributed by atoms with van der Waals surface area (Å²) < 4.78 is 24.1. The molecule has 1 atom stereocenters. The molecule has 1 aromatic carbocycles. The van der Waals surface area contributed by atoms with Crippen molar-refractivity contribution in [2.75, 3.05) is 12.4 Å². The Labute approximate surface area is 120 Å². The fourth-order valence-corrected chi connectivity index (χ4v) is 2.01. The average molecular weight is 294 g/mol. The lowest BCUT2D eigenvalue weighted by atomic mass is 10.1. The summed E-state index contributed by atoms with van der Waals surface area (Å²) in [4.78, 5) is 10.1. The first-order valence-corrected chi connectivity index (χ1v) is 6.32. The number of hydrogen-bond donors (Lipinski definition) is 1. The summed E-state index contributed by atoms with van der Waals surface area (Å²) in [7, 11) is 1.30. The highest BCUT2D eigenvalue weighted by Crippen LogP contribution is 2.32. The second kappa shape index (κ2) is 6.25. The smallest absolute Gasteiger partial charge is 0.313 e. The van der Waals surface area contributed by atoms with Gasteiger partial charge < -0.3 is 14.5 Å². The second-order valence-corrected chi connectivity index (χ2v) is 4.59. The molecule has 0 radical (unpaired) electrons. The Kier molecular flexibility index (Phi) is 4.42. The second-order valence-electron chi connectivity index (χ2n) is 4.59. The Morgan fingerprint density at radius 1 is 1.52 bits per heavy atom. The van der Waals surface area contributed by atoms with Gasteiger partial charge in [-0.3, -0.25) is 10.1 Å². The zero-order chi connectivity index (χ0) is 15.4. The third-order valence-corrected chi connectivity index (χ3v) is 2.95. The third-order valence-electron chi connectivity index (χ3n) is 2.95. The van der Waals surface area contributed by atoms with Crippen LogP contribution in [0.25, 0.3) is 0 Å². The van der Waals surface area contributed by atoms with Gasteiger partial charge in [0.2, 0.25) is 0 Å². The fraction of sp³-hybridized carbons (Fsp3) is 0.286. The molecule has 0 aliphatic rings. The monoisotopic (exact) mass is 294 g/mol. The predicted molar refractivity (Wildman–Crippen MR) is 75.1 cm³/mol. The number of anilines is 1. The van der Waals surface area contributed by atoms with Crippen LogP contribution in [0.2, 0.25) is 0 Å². The first-order chi connectivity index (χ1) is 10.0. The van der Waals surface area contributed by atoms with Gasteiger partial charge in [-0.15, -0.1) is 0 Å². The summed E-state index contributed by atoms with van der Waals surface area (Å²) >= 11 is 0. The first kappa shape index (κ1) is 14.8. The molecule has 1 aromatic heterocycles. The topological polar surface area (TPSA) is 77.5 Å². The minimum atomic E-state index is -0.700. The number of hydrogen-bond acceptors (Lipinski definition) is 5. The summed E-state index contributed by atoms with van der Waals surface area (Å²) in [5.74, 6) is 0.0761. The molecule has 2 rings (SSSR count). The van der Waals surface area contributed by atoms with Gasteiger partial charge in [-0.25, -0.2) is 4.39 Å². The standard InChI is InChI=1S/C14H15FN2O4/c1-9(6-10-4-3-5-21-10)16-12-8-14(20-2)13(17(18)19)7-11(12)15/h3-5,7-9,16H,6H2,1-2H3. The lowest BCUT2D eigenvalue weighted by molar-refractivity contribution is -0.385. The van der Waals surface area contributed by atoms with Gasteiger partial charge in [0.05, 0.1) is 30.1 Å². The van der Waals surface area contributed by atoms with E-state index in [9.17, 15) is 14.5 Å². The molecule has 6 nitrogen and oxygen atoms in total. The van der Waals surface area contributed by atoms with Crippen LogP contribution in [0, 0.1) is 15.9 Å². The van der Waals surface area contributed by atoms with E-state index in [2.05, 4.69) is 5.32 Å². The number of halogens is 1. The van der Waals surface area contributed by atoms with Gasteiger partial charge in [-0.05, 0) is 19.1 Å². The van der Waals surface area contributed by atoms with Gasteiger partial charge in [-0.1, -0.05) is 0 Å². The Morgan fingerprint density at radius 3 is 2.86 bits per heavy atom. The lowest BCUT2D eigenvalue weighted by Crippen LogP contribution is -2.18. The zero-order valence-electron chi connectivity index (χ0n) is 11.6. The van der Waals surface area contributed by atoms with Crippen molar-refractivity contribution in [3.63, 3.8) is 0 Å². The maximum atomic E-state index is 13.9. The number of benzene rings is 1. The van der Waals surface area contributed by atoms with E-state index in [1.807, 2.05) is 13.0 Å². The molecule has 0 saturated carbocycles. The van der Waals surface area contributed by atoms with Crippen LogP contribution in [0.15, 0.2) is 34.9 Å². The summed E-state index contributed by atoms with van der Waals surface area (Å²) in [6.45, 7) is 1.86. The van der Waals surface area contributed by atoms with Crippen LogP contribution in [0.4, 0.5) is 15.8 Å². The number of methoxy groups -OCH3 is 1. The van der Waals surface area contributed by atoms with Crippen molar-refractivity contribution >= 4 is 11.4 Å². The van der Waals surface area contributed by atoms with E-state index in [-0.39, 0.29) is 17.5 Å². The molecular formula is C14H15FN2O4. The molecule has 0 bridgehead atoms. The summed E-state index contributed by atoms with van der Waals surface area (Å²) in [6, 6.07) is 5.62. The average Bonchev–Trinajstić information content (AvgIpc) is 2.93. The molecule has 1 heterocycles. The largest absolute Gasteiger partial charge is 0.490 e. The molecule has 0 spiro atoms. The van der Waals surface area contributed by atoms with Crippen molar-refractivity contribution in [2.24, 2.45) is 0 Å². The molecule has 0 aliphatic heterocycles. The van der Waals surface area contributed by atoms with E-state index in [4.69, 9.17) is 9.15 Å². The van der Waals surface area contributed by atoms with Crippen LogP contribution in [0.1, 0.15) is 12.7 Å². The number of nitrogens with zero attached hydrogens (tertiary/aromatic N) is 1. The van der Waals surface area contributed by atoms with Crippen molar-refractivity contribution < 1.29 is 18.5 Å². The fourth-order valence-electron chi connectivity index (χ4n) is 2.01. The van der Waals surface area contributed by atoms with E-state index < -0.39 is 16.4 Å². The maximum Gasteiger partial charge on any atom is 0.313 e. The first-order valence-electron chi connectivity index (χ1n) is 6.32. The number of nitro groups is 1. The number of nitrogens with one attached hydrogen (secondary N) is 1. The summed E-state index contributed by atoms with van der Waals surface area (Å²) in [5, 5.41) is 13.8. The lowest BCUT2D eigenvalue weighted by Gasteiger charge is -2.15. The zero-order valence-corrected chi connectivity index (χ0v) is 11.6. The molecule has 1 N–H and O–H groups in total. The molecule has 0 amide bonds. The highest BCUT2D eigenvalue weighted by molar-refractivity contribution is 5.59. The van der Waals surface area contributed by atoms with Gasteiger partial charge in [0.1, 0.15) is 5.76 Å². The summed E-state index contributed by atoms with van der Waals surface area (Å²) in [6.07, 6.45) is 2.13. The van der Waals surface area contributed by atoms with Crippen molar-refractivity contribution in [3.05, 3.63) is 52.2 Å². The molecule has 1 unspecified atom stereocenters. The molecule has 0 saturated heterocycles. The van der Waals surface area contributed by atoms with E-state index >= 15 is 0 Å². The van der Waals surface area contributed by atoms with Crippen molar-refractivity contribution in [1.82, 2.24) is 0 Å². The van der Waals surface area contributed by atoms with Crippen LogP contribution < -0.4 is 10.1 Å². The van der Waals surface area contributed by atoms with Crippen molar-refractivity contribution in [3.8, 4) is 5.75 Å². The number of rotatable bonds is 6. The highest BCUT2D eigenvalue weighted by Gasteiger charge is 2.20. The minimum absolute atomic E-state index is 0.00842. The minimum Gasteiger partial charge on any atom is -0.490 e. The van der Waals surface area contributed by atoms with E-state index in [0.717, 1.165) is 11.8 Å². The number of ether oxygens (including phenoxy) is 1. The van der Waals surface area contributed by atoms with Crippen LogP contribution >= 0.6 is 0 Å². The van der Waals surface area contributed by atoms with Crippen molar-refractivity contribution in [1.29, 1.82) is 0 Å². The molecule has 0 aliphatic carbocycles. The van der Waals surface area contributed by atoms with Crippen LogP contribution in [-0.4, -0.2) is 18.1 Å². The quantitative estimate of drug-likeness (QED) is 0.652. The van der Waals surface area contributed by atoms with E-state index in [1.165, 1.54) is 13.2 Å². The van der Waals surface area contributed by atoms with E-state index in [1.54, 1.807) is 12.3 Å². The normalized spacial score (nSPS) is 12.0. The number of furan rings is 1. The number of nitro benzene ring substituents is 1.